The third-order valence-corrected chi connectivity index (χ3v) is 3.81. The van der Waals surface area contributed by atoms with Crippen LogP contribution in [0.15, 0.2) is 47.3 Å². The highest BCUT2D eigenvalue weighted by Gasteiger charge is 2.10. The van der Waals surface area contributed by atoms with Gasteiger partial charge in [0.25, 0.3) is 5.56 Å². The molecule has 26 heavy (non-hydrogen) atoms. The van der Waals surface area contributed by atoms with Crippen molar-refractivity contribution in [1.82, 2.24) is 9.55 Å². The van der Waals surface area contributed by atoms with E-state index < -0.39 is 23.2 Å². The lowest BCUT2D eigenvalue weighted by Crippen LogP contribution is -2.25. The molecule has 0 fully saturated rings. The number of nitrogens with zero attached hydrogens (tertiary/aromatic N) is 2. The van der Waals surface area contributed by atoms with Crippen molar-refractivity contribution in [3.63, 3.8) is 0 Å². The summed E-state index contributed by atoms with van der Waals surface area (Å²) in [6.45, 7) is -0.0860. The van der Waals surface area contributed by atoms with Gasteiger partial charge in [-0.3, -0.25) is 14.2 Å². The highest BCUT2D eigenvalue weighted by Crippen LogP contribution is 2.15. The Morgan fingerprint density at radius 2 is 1.92 bits per heavy atom. The normalized spacial score (nSPS) is 11.3. The minimum Gasteiger partial charge on any atom is -0.481 e. The summed E-state index contributed by atoms with van der Waals surface area (Å²) in [6.07, 6.45) is 2.40. The number of carboxylic acids is 1. The number of carbonyl (C=O) groups is 1. The standard InChI is InChI=1S/C19H14F2N2O3/c20-13-6-7-15(21)12(11-13)5-8-17-22-16-4-2-1-3-14(16)19(26)23(17)10-9-18(24)25/h1-8,11H,9-10H2,(H,24,25)/b8-5+. The zero-order valence-electron chi connectivity index (χ0n) is 13.5. The van der Waals surface area contributed by atoms with Gasteiger partial charge in [-0.15, -0.1) is 0 Å². The molecule has 0 saturated carbocycles. The van der Waals surface area contributed by atoms with E-state index in [1.54, 1.807) is 24.3 Å². The fourth-order valence-corrected chi connectivity index (χ4v) is 2.54. The van der Waals surface area contributed by atoms with Crippen molar-refractivity contribution in [2.75, 3.05) is 0 Å². The molecular formula is C19H14F2N2O3. The van der Waals surface area contributed by atoms with Crippen LogP contribution in [0.25, 0.3) is 23.1 Å². The number of para-hydroxylation sites is 1. The number of hydrogen-bond donors (Lipinski definition) is 1. The van der Waals surface area contributed by atoms with Gasteiger partial charge in [-0.25, -0.2) is 13.8 Å². The molecular weight excluding hydrogens is 342 g/mol. The van der Waals surface area contributed by atoms with E-state index in [4.69, 9.17) is 5.11 Å². The summed E-state index contributed by atoms with van der Waals surface area (Å²) >= 11 is 0. The van der Waals surface area contributed by atoms with E-state index in [2.05, 4.69) is 4.98 Å². The summed E-state index contributed by atoms with van der Waals surface area (Å²) in [5.41, 5.74) is 0.0387. The summed E-state index contributed by atoms with van der Waals surface area (Å²) in [4.78, 5) is 27.9. The number of halogens is 2. The fourth-order valence-electron chi connectivity index (χ4n) is 2.54. The third-order valence-electron chi connectivity index (χ3n) is 3.81. The molecule has 0 radical (unpaired) electrons. The Balaban J connectivity index is 2.12. The molecule has 3 rings (SSSR count). The fraction of sp³-hybridized carbons (Fsp3) is 0.105. The van der Waals surface area contributed by atoms with Crippen molar-refractivity contribution in [1.29, 1.82) is 0 Å². The number of aliphatic carboxylic acids is 1. The molecule has 0 amide bonds. The lowest BCUT2D eigenvalue weighted by atomic mass is 10.2. The first-order valence-electron chi connectivity index (χ1n) is 7.80. The molecule has 0 bridgehead atoms. The Labute approximate surface area is 146 Å². The molecule has 1 heterocycles. The van der Waals surface area contributed by atoms with Gasteiger partial charge in [0, 0.05) is 12.1 Å². The van der Waals surface area contributed by atoms with Gasteiger partial charge in [0.1, 0.15) is 17.5 Å². The third kappa shape index (κ3) is 3.66. The maximum absolute atomic E-state index is 13.8. The van der Waals surface area contributed by atoms with Crippen LogP contribution in [0, 0.1) is 11.6 Å². The second-order valence-corrected chi connectivity index (χ2v) is 5.59. The van der Waals surface area contributed by atoms with Crippen LogP contribution < -0.4 is 5.56 Å². The highest BCUT2D eigenvalue weighted by atomic mass is 19.1. The Morgan fingerprint density at radius 3 is 2.69 bits per heavy atom. The second kappa shape index (κ2) is 7.26. The summed E-state index contributed by atoms with van der Waals surface area (Å²) in [6, 6.07) is 9.68. The van der Waals surface area contributed by atoms with Crippen LogP contribution in [0.4, 0.5) is 8.78 Å². The lowest BCUT2D eigenvalue weighted by molar-refractivity contribution is -0.137. The number of fused-ring (bicyclic) bond motifs is 1. The van der Waals surface area contributed by atoms with E-state index in [9.17, 15) is 18.4 Å². The van der Waals surface area contributed by atoms with Crippen LogP contribution in [-0.2, 0) is 11.3 Å². The minimum atomic E-state index is -1.06. The van der Waals surface area contributed by atoms with E-state index in [1.807, 2.05) is 0 Å². The first kappa shape index (κ1) is 17.5. The Kier molecular flexibility index (Phi) is 4.88. The average Bonchev–Trinajstić information content (AvgIpc) is 2.61. The van der Waals surface area contributed by atoms with Crippen molar-refractivity contribution in [3.05, 3.63) is 75.8 Å². The smallest absolute Gasteiger partial charge is 0.305 e. The van der Waals surface area contributed by atoms with E-state index in [-0.39, 0.29) is 24.4 Å². The summed E-state index contributed by atoms with van der Waals surface area (Å²) in [5.74, 6) is -2.11. The van der Waals surface area contributed by atoms with Crippen LogP contribution in [0.2, 0.25) is 0 Å². The topological polar surface area (TPSA) is 72.2 Å². The van der Waals surface area contributed by atoms with E-state index in [0.29, 0.717) is 10.9 Å². The van der Waals surface area contributed by atoms with Gasteiger partial charge in [-0.05, 0) is 42.5 Å². The Bertz CT molecular complexity index is 1070. The highest BCUT2D eigenvalue weighted by molar-refractivity contribution is 5.79. The van der Waals surface area contributed by atoms with Crippen LogP contribution in [0.5, 0.6) is 0 Å². The number of aromatic nitrogens is 2. The molecule has 0 atom stereocenters. The molecule has 2 aromatic carbocycles. The number of rotatable bonds is 5. The van der Waals surface area contributed by atoms with Crippen molar-refractivity contribution in [2.45, 2.75) is 13.0 Å². The van der Waals surface area contributed by atoms with Crippen molar-refractivity contribution in [3.8, 4) is 0 Å². The number of hydrogen-bond acceptors (Lipinski definition) is 3. The van der Waals surface area contributed by atoms with Gasteiger partial charge in [0.05, 0.1) is 17.3 Å². The largest absolute Gasteiger partial charge is 0.481 e. The minimum absolute atomic E-state index is 0.00260. The molecule has 0 spiro atoms. The molecule has 1 aromatic heterocycles. The van der Waals surface area contributed by atoms with Crippen molar-refractivity contribution in [2.24, 2.45) is 0 Å². The quantitative estimate of drug-likeness (QED) is 0.761. The molecule has 0 aliphatic heterocycles. The first-order valence-corrected chi connectivity index (χ1v) is 7.80. The first-order chi connectivity index (χ1) is 12.5. The van der Waals surface area contributed by atoms with Crippen LogP contribution in [-0.4, -0.2) is 20.6 Å². The molecule has 1 N–H and O–H groups in total. The van der Waals surface area contributed by atoms with Crippen molar-refractivity contribution < 1.29 is 18.7 Å². The van der Waals surface area contributed by atoms with Gasteiger partial charge in [-0.1, -0.05) is 12.1 Å². The zero-order valence-corrected chi connectivity index (χ0v) is 13.5. The Morgan fingerprint density at radius 1 is 1.15 bits per heavy atom. The summed E-state index contributed by atoms with van der Waals surface area (Å²) in [7, 11) is 0. The van der Waals surface area contributed by atoms with Crippen molar-refractivity contribution >= 4 is 29.0 Å². The van der Waals surface area contributed by atoms with E-state index >= 15 is 0 Å². The van der Waals surface area contributed by atoms with Gasteiger partial charge >= 0.3 is 5.97 Å². The van der Waals surface area contributed by atoms with E-state index in [1.165, 1.54) is 16.7 Å². The molecule has 0 aliphatic carbocycles. The monoisotopic (exact) mass is 356 g/mol. The van der Waals surface area contributed by atoms with Gasteiger partial charge in [0.15, 0.2) is 0 Å². The zero-order chi connectivity index (χ0) is 18.7. The molecule has 7 heteroatoms. The SMILES string of the molecule is O=C(O)CCn1c(/C=C/c2cc(F)ccc2F)nc2ccccc2c1=O. The van der Waals surface area contributed by atoms with Gasteiger partial charge in [0.2, 0.25) is 0 Å². The molecule has 0 unspecified atom stereocenters. The van der Waals surface area contributed by atoms with Crippen LogP contribution >= 0.6 is 0 Å². The maximum atomic E-state index is 13.8. The van der Waals surface area contributed by atoms with Gasteiger partial charge in [-0.2, -0.15) is 0 Å². The molecule has 0 saturated heterocycles. The number of benzene rings is 2. The molecule has 5 nitrogen and oxygen atoms in total. The average molecular weight is 356 g/mol. The molecule has 0 aliphatic rings. The van der Waals surface area contributed by atoms with Crippen LogP contribution in [0.1, 0.15) is 17.8 Å². The lowest BCUT2D eigenvalue weighted by Gasteiger charge is -2.10. The Hall–Kier alpha value is -3.35. The summed E-state index contributed by atoms with van der Waals surface area (Å²) in [5, 5.41) is 9.25. The predicted molar refractivity (Wildman–Crippen MR) is 93.5 cm³/mol. The summed E-state index contributed by atoms with van der Waals surface area (Å²) < 4.78 is 28.3. The molecule has 3 aromatic rings. The predicted octanol–water partition coefficient (Wildman–Crippen LogP) is 3.32. The second-order valence-electron chi connectivity index (χ2n) is 5.59. The molecule has 132 valence electrons. The van der Waals surface area contributed by atoms with Crippen LogP contribution in [0.3, 0.4) is 0 Å². The maximum Gasteiger partial charge on any atom is 0.305 e. The number of carboxylic acid groups (broad SMARTS) is 1. The van der Waals surface area contributed by atoms with E-state index in [0.717, 1.165) is 18.2 Å². The van der Waals surface area contributed by atoms with Gasteiger partial charge < -0.3 is 5.11 Å².